The van der Waals surface area contributed by atoms with Crippen molar-refractivity contribution in [2.45, 2.75) is 38.6 Å². The molecule has 15 heavy (non-hydrogen) atoms. The van der Waals surface area contributed by atoms with Crippen molar-refractivity contribution in [3.63, 3.8) is 0 Å². The third kappa shape index (κ3) is 2.37. The zero-order valence-corrected chi connectivity index (χ0v) is 9.11. The van der Waals surface area contributed by atoms with E-state index in [0.29, 0.717) is 17.6 Å². The molecule has 1 aliphatic rings. The molecule has 0 spiro atoms. The van der Waals surface area contributed by atoms with Gasteiger partial charge in [0.25, 0.3) is 0 Å². The van der Waals surface area contributed by atoms with E-state index in [4.69, 9.17) is 5.73 Å². The number of nitrogen functional groups attached to an aromatic ring is 1. The highest BCUT2D eigenvalue weighted by molar-refractivity contribution is 5.59. The van der Waals surface area contributed by atoms with E-state index < -0.39 is 0 Å². The summed E-state index contributed by atoms with van der Waals surface area (Å²) in [6, 6.07) is 0.510. The summed E-state index contributed by atoms with van der Waals surface area (Å²) in [6.07, 6.45) is 8.33. The number of nitrogens with one attached hydrogen (secondary N) is 1. The molecule has 2 unspecified atom stereocenters. The van der Waals surface area contributed by atoms with Crippen LogP contribution in [0.3, 0.4) is 0 Å². The Morgan fingerprint density at radius 2 is 2.20 bits per heavy atom. The zero-order valence-electron chi connectivity index (χ0n) is 9.11. The third-order valence-corrected chi connectivity index (χ3v) is 3.17. The fourth-order valence-electron chi connectivity index (χ4n) is 2.17. The molecule has 1 aromatic heterocycles. The second-order valence-corrected chi connectivity index (χ2v) is 4.34. The van der Waals surface area contributed by atoms with Gasteiger partial charge in [0.15, 0.2) is 5.82 Å². The number of hydrogen-bond acceptors (Lipinski definition) is 4. The number of hydrogen-bond donors (Lipinski definition) is 2. The Morgan fingerprint density at radius 1 is 1.40 bits per heavy atom. The van der Waals surface area contributed by atoms with Crippen LogP contribution in [0.4, 0.5) is 11.5 Å². The first-order valence-electron chi connectivity index (χ1n) is 5.59. The molecule has 2 atom stereocenters. The molecule has 4 nitrogen and oxygen atoms in total. The number of anilines is 2. The molecular formula is C11H18N4. The van der Waals surface area contributed by atoms with Gasteiger partial charge >= 0.3 is 0 Å². The fraction of sp³-hybridized carbons (Fsp3) is 0.636. The van der Waals surface area contributed by atoms with Crippen molar-refractivity contribution in [1.29, 1.82) is 0 Å². The molecule has 0 amide bonds. The summed E-state index contributed by atoms with van der Waals surface area (Å²) in [5.74, 6) is 1.48. The van der Waals surface area contributed by atoms with Crippen molar-refractivity contribution >= 4 is 11.5 Å². The van der Waals surface area contributed by atoms with Crippen molar-refractivity contribution in [3.05, 3.63) is 12.5 Å². The quantitative estimate of drug-likeness (QED) is 0.777. The molecule has 0 radical (unpaired) electrons. The molecule has 1 aliphatic carbocycles. The molecule has 1 fully saturated rings. The van der Waals surface area contributed by atoms with Crippen molar-refractivity contribution in [3.8, 4) is 0 Å². The van der Waals surface area contributed by atoms with Crippen LogP contribution in [0.1, 0.15) is 32.6 Å². The summed E-state index contributed by atoms with van der Waals surface area (Å²) in [7, 11) is 0. The first kappa shape index (κ1) is 10.2. The van der Waals surface area contributed by atoms with E-state index in [9.17, 15) is 0 Å². The standard InChI is InChI=1S/C11H18N4/c1-8-4-2-3-5-10(8)15-11-9(12)6-13-7-14-11/h6-8,10H,2-5,12H2,1H3,(H,13,14,15). The van der Waals surface area contributed by atoms with Crippen LogP contribution in [-0.4, -0.2) is 16.0 Å². The average Bonchev–Trinajstić information content (AvgIpc) is 2.24. The molecular weight excluding hydrogens is 188 g/mol. The van der Waals surface area contributed by atoms with E-state index in [0.717, 1.165) is 5.82 Å². The number of rotatable bonds is 2. The summed E-state index contributed by atoms with van der Waals surface area (Å²) >= 11 is 0. The molecule has 1 heterocycles. The summed E-state index contributed by atoms with van der Waals surface area (Å²) in [4.78, 5) is 8.04. The van der Waals surface area contributed by atoms with Crippen LogP contribution >= 0.6 is 0 Å². The highest BCUT2D eigenvalue weighted by Crippen LogP contribution is 2.27. The van der Waals surface area contributed by atoms with Crippen molar-refractivity contribution < 1.29 is 0 Å². The van der Waals surface area contributed by atoms with Gasteiger partial charge in [0.05, 0.1) is 11.9 Å². The Hall–Kier alpha value is -1.32. The van der Waals surface area contributed by atoms with E-state index in [1.54, 1.807) is 6.20 Å². The topological polar surface area (TPSA) is 63.8 Å². The Morgan fingerprint density at radius 3 is 2.93 bits per heavy atom. The lowest BCUT2D eigenvalue weighted by Gasteiger charge is -2.30. The summed E-state index contributed by atoms with van der Waals surface area (Å²) in [5, 5.41) is 3.42. The summed E-state index contributed by atoms with van der Waals surface area (Å²) in [6.45, 7) is 2.29. The summed E-state index contributed by atoms with van der Waals surface area (Å²) < 4.78 is 0. The van der Waals surface area contributed by atoms with Crippen LogP contribution in [-0.2, 0) is 0 Å². The Balaban J connectivity index is 2.04. The molecule has 0 aromatic carbocycles. The molecule has 3 N–H and O–H groups in total. The molecule has 1 saturated carbocycles. The fourth-order valence-corrected chi connectivity index (χ4v) is 2.17. The highest BCUT2D eigenvalue weighted by Gasteiger charge is 2.21. The molecule has 1 aromatic rings. The minimum atomic E-state index is 0.510. The van der Waals surface area contributed by atoms with Crippen molar-refractivity contribution in [2.24, 2.45) is 5.92 Å². The van der Waals surface area contributed by atoms with Crippen LogP contribution in [0, 0.1) is 5.92 Å². The first-order valence-corrected chi connectivity index (χ1v) is 5.59. The number of aromatic nitrogens is 2. The van der Waals surface area contributed by atoms with Gasteiger partial charge in [-0.25, -0.2) is 9.97 Å². The van der Waals surface area contributed by atoms with Crippen LogP contribution in [0.5, 0.6) is 0 Å². The van der Waals surface area contributed by atoms with E-state index in [1.165, 1.54) is 32.0 Å². The van der Waals surface area contributed by atoms with Crippen molar-refractivity contribution in [2.75, 3.05) is 11.1 Å². The number of nitrogens with two attached hydrogens (primary N) is 1. The molecule has 0 saturated heterocycles. The molecule has 4 heteroatoms. The second kappa shape index (κ2) is 4.47. The van der Waals surface area contributed by atoms with Gasteiger partial charge in [-0.3, -0.25) is 0 Å². The largest absolute Gasteiger partial charge is 0.394 e. The molecule has 2 rings (SSSR count). The highest BCUT2D eigenvalue weighted by atomic mass is 15.1. The maximum absolute atomic E-state index is 5.80. The van der Waals surface area contributed by atoms with Crippen LogP contribution < -0.4 is 11.1 Å². The van der Waals surface area contributed by atoms with E-state index in [2.05, 4.69) is 22.2 Å². The minimum absolute atomic E-state index is 0.510. The smallest absolute Gasteiger partial charge is 0.152 e. The lowest BCUT2D eigenvalue weighted by atomic mass is 9.86. The predicted molar refractivity (Wildman–Crippen MR) is 61.5 cm³/mol. The maximum atomic E-state index is 5.80. The SMILES string of the molecule is CC1CCCCC1Nc1ncncc1N. The van der Waals surface area contributed by atoms with Gasteiger partial charge in [-0.15, -0.1) is 0 Å². The Kier molecular flexibility index (Phi) is 3.04. The van der Waals surface area contributed by atoms with Gasteiger partial charge in [-0.1, -0.05) is 19.8 Å². The normalized spacial score (nSPS) is 26.2. The average molecular weight is 206 g/mol. The monoisotopic (exact) mass is 206 g/mol. The van der Waals surface area contributed by atoms with Gasteiger partial charge in [0, 0.05) is 6.04 Å². The molecule has 0 aliphatic heterocycles. The summed E-state index contributed by atoms with van der Waals surface area (Å²) in [5.41, 5.74) is 6.43. The van der Waals surface area contributed by atoms with Crippen LogP contribution in [0.25, 0.3) is 0 Å². The van der Waals surface area contributed by atoms with Gasteiger partial charge in [-0.05, 0) is 18.8 Å². The van der Waals surface area contributed by atoms with Gasteiger partial charge in [0.2, 0.25) is 0 Å². The minimum Gasteiger partial charge on any atom is -0.394 e. The van der Waals surface area contributed by atoms with Crippen molar-refractivity contribution in [1.82, 2.24) is 9.97 Å². The first-order chi connectivity index (χ1) is 7.27. The Bertz CT molecular complexity index is 326. The lowest BCUT2D eigenvalue weighted by molar-refractivity contribution is 0.349. The number of nitrogens with zero attached hydrogens (tertiary/aromatic N) is 2. The molecule has 0 bridgehead atoms. The Labute approximate surface area is 90.3 Å². The second-order valence-electron chi connectivity index (χ2n) is 4.34. The zero-order chi connectivity index (χ0) is 10.7. The van der Waals surface area contributed by atoms with Gasteiger partial charge in [0.1, 0.15) is 6.33 Å². The molecule has 82 valence electrons. The van der Waals surface area contributed by atoms with Crippen LogP contribution in [0.15, 0.2) is 12.5 Å². The van der Waals surface area contributed by atoms with Gasteiger partial charge < -0.3 is 11.1 Å². The third-order valence-electron chi connectivity index (χ3n) is 3.17. The lowest BCUT2D eigenvalue weighted by Crippen LogP contribution is -2.31. The van der Waals surface area contributed by atoms with E-state index >= 15 is 0 Å². The van der Waals surface area contributed by atoms with Crippen LogP contribution in [0.2, 0.25) is 0 Å². The van der Waals surface area contributed by atoms with E-state index in [-0.39, 0.29) is 0 Å². The maximum Gasteiger partial charge on any atom is 0.152 e. The van der Waals surface area contributed by atoms with E-state index in [1.807, 2.05) is 0 Å². The van der Waals surface area contributed by atoms with Gasteiger partial charge in [-0.2, -0.15) is 0 Å². The predicted octanol–water partition coefficient (Wildman–Crippen LogP) is 2.05.